The van der Waals surface area contributed by atoms with Crippen LogP contribution in [-0.2, 0) is 6.42 Å². The zero-order chi connectivity index (χ0) is 13.0. The summed E-state index contributed by atoms with van der Waals surface area (Å²) in [6, 6.07) is 15.0. The number of halogens is 1. The van der Waals surface area contributed by atoms with Crippen LogP contribution in [0.25, 0.3) is 0 Å². The second kappa shape index (κ2) is 6.03. The SMILES string of the molecule is OCC(Cc1ccc(O)cc1)c1ccccc1Br. The van der Waals surface area contributed by atoms with Gasteiger partial charge in [-0.05, 0) is 35.7 Å². The molecule has 0 aliphatic carbocycles. The molecule has 0 spiro atoms. The third-order valence-electron chi connectivity index (χ3n) is 2.98. The van der Waals surface area contributed by atoms with Gasteiger partial charge in [0.1, 0.15) is 5.75 Å². The van der Waals surface area contributed by atoms with Crippen molar-refractivity contribution in [1.29, 1.82) is 0 Å². The van der Waals surface area contributed by atoms with Crippen molar-refractivity contribution < 1.29 is 10.2 Å². The Labute approximate surface area is 115 Å². The molecule has 2 nitrogen and oxygen atoms in total. The van der Waals surface area contributed by atoms with Crippen molar-refractivity contribution in [3.05, 3.63) is 64.1 Å². The van der Waals surface area contributed by atoms with E-state index in [2.05, 4.69) is 15.9 Å². The molecule has 0 heterocycles. The quantitative estimate of drug-likeness (QED) is 0.908. The maximum absolute atomic E-state index is 9.55. The molecule has 2 aromatic carbocycles. The first kappa shape index (κ1) is 13.1. The third kappa shape index (κ3) is 3.12. The standard InChI is InChI=1S/C15H15BrO2/c16-15-4-2-1-3-14(15)12(10-17)9-11-5-7-13(18)8-6-11/h1-8,12,17-18H,9-10H2. The lowest BCUT2D eigenvalue weighted by atomic mass is 9.93. The average molecular weight is 307 g/mol. The van der Waals surface area contributed by atoms with Crippen molar-refractivity contribution in [2.75, 3.05) is 6.61 Å². The molecule has 0 amide bonds. The van der Waals surface area contributed by atoms with Gasteiger partial charge >= 0.3 is 0 Å². The summed E-state index contributed by atoms with van der Waals surface area (Å²) in [7, 11) is 0. The van der Waals surface area contributed by atoms with Crippen LogP contribution in [0.2, 0.25) is 0 Å². The highest BCUT2D eigenvalue weighted by molar-refractivity contribution is 9.10. The third-order valence-corrected chi connectivity index (χ3v) is 3.71. The summed E-state index contributed by atoms with van der Waals surface area (Å²) in [5.41, 5.74) is 2.20. The second-order valence-corrected chi connectivity index (χ2v) is 5.13. The highest BCUT2D eigenvalue weighted by Crippen LogP contribution is 2.27. The Morgan fingerprint density at radius 1 is 1.00 bits per heavy atom. The highest BCUT2D eigenvalue weighted by Gasteiger charge is 2.13. The summed E-state index contributed by atoms with van der Waals surface area (Å²) >= 11 is 3.51. The topological polar surface area (TPSA) is 40.5 Å². The van der Waals surface area contributed by atoms with E-state index in [4.69, 9.17) is 0 Å². The van der Waals surface area contributed by atoms with Crippen LogP contribution >= 0.6 is 15.9 Å². The molecule has 0 aliphatic heterocycles. The van der Waals surface area contributed by atoms with Gasteiger partial charge < -0.3 is 10.2 Å². The molecule has 2 N–H and O–H groups in total. The summed E-state index contributed by atoms with van der Waals surface area (Å²) in [4.78, 5) is 0. The van der Waals surface area contributed by atoms with Gasteiger partial charge in [0.2, 0.25) is 0 Å². The molecule has 0 fully saturated rings. The number of aliphatic hydroxyl groups excluding tert-OH is 1. The molecule has 18 heavy (non-hydrogen) atoms. The zero-order valence-corrected chi connectivity index (χ0v) is 11.5. The van der Waals surface area contributed by atoms with Crippen molar-refractivity contribution in [1.82, 2.24) is 0 Å². The lowest BCUT2D eigenvalue weighted by molar-refractivity contribution is 0.264. The minimum atomic E-state index is 0.0603. The van der Waals surface area contributed by atoms with E-state index in [0.717, 1.165) is 22.0 Å². The van der Waals surface area contributed by atoms with Gasteiger partial charge in [0.25, 0.3) is 0 Å². The number of hydrogen-bond donors (Lipinski definition) is 2. The molecule has 0 saturated carbocycles. The van der Waals surface area contributed by atoms with Crippen molar-refractivity contribution in [2.45, 2.75) is 12.3 Å². The Kier molecular flexibility index (Phi) is 4.39. The Morgan fingerprint density at radius 3 is 2.28 bits per heavy atom. The molecular weight excluding hydrogens is 292 g/mol. The van der Waals surface area contributed by atoms with E-state index >= 15 is 0 Å². The minimum absolute atomic E-state index is 0.0603. The predicted molar refractivity (Wildman–Crippen MR) is 75.8 cm³/mol. The summed E-state index contributed by atoms with van der Waals surface area (Å²) in [5, 5.41) is 18.8. The van der Waals surface area contributed by atoms with Crippen molar-refractivity contribution in [3.8, 4) is 5.75 Å². The fourth-order valence-electron chi connectivity index (χ4n) is 2.00. The van der Waals surface area contributed by atoms with Crippen molar-refractivity contribution in [2.24, 2.45) is 0 Å². The normalized spacial score (nSPS) is 12.3. The van der Waals surface area contributed by atoms with Gasteiger partial charge in [-0.1, -0.05) is 46.3 Å². The Morgan fingerprint density at radius 2 is 1.67 bits per heavy atom. The van der Waals surface area contributed by atoms with Crippen LogP contribution in [0.5, 0.6) is 5.75 Å². The molecule has 2 rings (SSSR count). The molecule has 3 heteroatoms. The smallest absolute Gasteiger partial charge is 0.115 e. The number of aliphatic hydroxyl groups is 1. The second-order valence-electron chi connectivity index (χ2n) is 4.27. The van der Waals surface area contributed by atoms with Crippen LogP contribution < -0.4 is 0 Å². The first-order chi connectivity index (χ1) is 8.70. The molecule has 1 unspecified atom stereocenters. The van der Waals surface area contributed by atoms with Crippen LogP contribution in [0.1, 0.15) is 17.0 Å². The number of benzene rings is 2. The van der Waals surface area contributed by atoms with Gasteiger partial charge in [-0.3, -0.25) is 0 Å². The van der Waals surface area contributed by atoms with Crippen LogP contribution in [0.15, 0.2) is 53.0 Å². The Balaban J connectivity index is 2.20. The largest absolute Gasteiger partial charge is 0.508 e. The van der Waals surface area contributed by atoms with Crippen LogP contribution in [0, 0.1) is 0 Å². The van der Waals surface area contributed by atoms with Gasteiger partial charge in [0.15, 0.2) is 0 Å². The maximum atomic E-state index is 9.55. The van der Waals surface area contributed by atoms with E-state index in [-0.39, 0.29) is 18.3 Å². The first-order valence-electron chi connectivity index (χ1n) is 5.84. The molecule has 2 aromatic rings. The van der Waals surface area contributed by atoms with Crippen LogP contribution in [0.4, 0.5) is 0 Å². The summed E-state index contributed by atoms with van der Waals surface area (Å²) in [5.74, 6) is 0.324. The lowest BCUT2D eigenvalue weighted by Gasteiger charge is -2.16. The number of hydrogen-bond acceptors (Lipinski definition) is 2. The fourth-order valence-corrected chi connectivity index (χ4v) is 2.60. The first-order valence-corrected chi connectivity index (χ1v) is 6.63. The molecule has 1 atom stereocenters. The zero-order valence-electron chi connectivity index (χ0n) is 9.88. The van der Waals surface area contributed by atoms with Gasteiger partial charge in [0.05, 0.1) is 6.61 Å². The number of rotatable bonds is 4. The Bertz CT molecular complexity index is 508. The minimum Gasteiger partial charge on any atom is -0.508 e. The summed E-state index contributed by atoms with van der Waals surface area (Å²) < 4.78 is 1.02. The average Bonchev–Trinajstić information content (AvgIpc) is 2.39. The molecule has 94 valence electrons. The van der Waals surface area contributed by atoms with E-state index in [1.54, 1.807) is 12.1 Å². The lowest BCUT2D eigenvalue weighted by Crippen LogP contribution is -2.08. The van der Waals surface area contributed by atoms with E-state index in [0.29, 0.717) is 0 Å². The highest BCUT2D eigenvalue weighted by atomic mass is 79.9. The van der Waals surface area contributed by atoms with Crippen LogP contribution in [-0.4, -0.2) is 16.8 Å². The molecule has 0 saturated heterocycles. The summed E-state index contributed by atoms with van der Waals surface area (Å²) in [6.07, 6.45) is 0.749. The van der Waals surface area contributed by atoms with Gasteiger partial charge in [-0.2, -0.15) is 0 Å². The van der Waals surface area contributed by atoms with Crippen molar-refractivity contribution >= 4 is 15.9 Å². The van der Waals surface area contributed by atoms with E-state index in [9.17, 15) is 10.2 Å². The van der Waals surface area contributed by atoms with E-state index < -0.39 is 0 Å². The molecule has 0 radical (unpaired) electrons. The van der Waals surface area contributed by atoms with Gasteiger partial charge in [0, 0.05) is 10.4 Å². The molecule has 0 aliphatic rings. The van der Waals surface area contributed by atoms with Crippen LogP contribution in [0.3, 0.4) is 0 Å². The molecule has 0 bridgehead atoms. The van der Waals surface area contributed by atoms with E-state index in [1.165, 1.54) is 0 Å². The number of phenols is 1. The number of aromatic hydroxyl groups is 1. The number of phenolic OH excluding ortho intramolecular Hbond substituents is 1. The monoisotopic (exact) mass is 306 g/mol. The summed E-state index contributed by atoms with van der Waals surface area (Å²) in [6.45, 7) is 0.101. The fraction of sp³-hybridized carbons (Fsp3) is 0.200. The van der Waals surface area contributed by atoms with Crippen molar-refractivity contribution in [3.63, 3.8) is 0 Å². The van der Waals surface area contributed by atoms with Gasteiger partial charge in [-0.15, -0.1) is 0 Å². The van der Waals surface area contributed by atoms with E-state index in [1.807, 2.05) is 36.4 Å². The maximum Gasteiger partial charge on any atom is 0.115 e. The molecule has 0 aromatic heterocycles. The van der Waals surface area contributed by atoms with Gasteiger partial charge in [-0.25, -0.2) is 0 Å². The predicted octanol–water partition coefficient (Wildman–Crippen LogP) is 3.47. The molecular formula is C15H15BrO2. The Hall–Kier alpha value is -1.32.